The molecule has 0 aliphatic carbocycles. The molecule has 0 fully saturated rings. The Kier molecular flexibility index (Phi) is 5.89. The highest BCUT2D eigenvalue weighted by atomic mass is 32.2. The van der Waals surface area contributed by atoms with Crippen LogP contribution in [-0.2, 0) is 11.3 Å². The van der Waals surface area contributed by atoms with Crippen LogP contribution in [0.5, 0.6) is 0 Å². The van der Waals surface area contributed by atoms with Crippen LogP contribution >= 0.6 is 11.8 Å². The van der Waals surface area contributed by atoms with Crippen LogP contribution in [0.3, 0.4) is 0 Å². The minimum absolute atomic E-state index is 0.0915. The number of nitrogens with one attached hydrogen (secondary N) is 1. The van der Waals surface area contributed by atoms with Crippen LogP contribution in [0, 0.1) is 11.3 Å². The van der Waals surface area contributed by atoms with Crippen LogP contribution in [0.4, 0.5) is 5.69 Å². The summed E-state index contributed by atoms with van der Waals surface area (Å²) in [7, 11) is 0. The zero-order valence-electron chi connectivity index (χ0n) is 14.8. The Balaban J connectivity index is 1.82. The fourth-order valence-corrected chi connectivity index (χ4v) is 3.51. The molecule has 3 aromatic rings. The number of anilines is 1. The Morgan fingerprint density at radius 1 is 1.22 bits per heavy atom. The molecule has 0 aliphatic heterocycles. The predicted octanol–water partition coefficient (Wildman–Crippen LogP) is 3.41. The second kappa shape index (κ2) is 8.52. The van der Waals surface area contributed by atoms with Gasteiger partial charge in [0.15, 0.2) is 5.16 Å². The van der Waals surface area contributed by atoms with E-state index in [0.29, 0.717) is 33.9 Å². The van der Waals surface area contributed by atoms with Crippen molar-refractivity contribution in [2.45, 2.75) is 25.0 Å². The predicted molar refractivity (Wildman–Crippen MR) is 107 cm³/mol. The van der Waals surface area contributed by atoms with Gasteiger partial charge < -0.3 is 5.32 Å². The van der Waals surface area contributed by atoms with Gasteiger partial charge in [-0.2, -0.15) is 5.26 Å². The van der Waals surface area contributed by atoms with Gasteiger partial charge in [-0.05, 0) is 30.7 Å². The minimum atomic E-state index is -0.256. The molecule has 1 amide bonds. The molecule has 0 radical (unpaired) electrons. The number of aromatic nitrogens is 2. The van der Waals surface area contributed by atoms with Crippen LogP contribution in [0.1, 0.15) is 18.9 Å². The van der Waals surface area contributed by atoms with Crippen molar-refractivity contribution in [1.29, 1.82) is 5.26 Å². The van der Waals surface area contributed by atoms with Crippen molar-refractivity contribution in [3.63, 3.8) is 0 Å². The molecule has 0 aliphatic rings. The highest BCUT2D eigenvalue weighted by molar-refractivity contribution is 7.99. The third kappa shape index (κ3) is 4.18. The number of thioether (sulfide) groups is 1. The first-order valence-corrected chi connectivity index (χ1v) is 9.54. The number of nitriles is 1. The number of carbonyl (C=O) groups is 1. The first-order chi connectivity index (χ1) is 13.1. The molecule has 1 aromatic heterocycles. The van der Waals surface area contributed by atoms with E-state index >= 15 is 0 Å². The van der Waals surface area contributed by atoms with Gasteiger partial charge in [-0.3, -0.25) is 14.2 Å². The van der Waals surface area contributed by atoms with E-state index in [4.69, 9.17) is 5.26 Å². The van der Waals surface area contributed by atoms with E-state index in [2.05, 4.69) is 10.3 Å². The smallest absolute Gasteiger partial charge is 0.262 e. The molecule has 0 unspecified atom stereocenters. The van der Waals surface area contributed by atoms with E-state index in [-0.39, 0.29) is 17.2 Å². The fourth-order valence-electron chi connectivity index (χ4n) is 2.68. The standard InChI is InChI=1S/C20H18N4O2S/c1-2-11-24-19(26)15-8-4-6-10-17(15)23-20(24)27-13-18(25)22-16-9-5-3-7-14(16)12-21/h3-10H,2,11,13H2,1H3,(H,22,25). The average molecular weight is 378 g/mol. The summed E-state index contributed by atoms with van der Waals surface area (Å²) in [5.74, 6) is -0.165. The molecular weight excluding hydrogens is 360 g/mol. The van der Waals surface area contributed by atoms with Gasteiger partial charge in [0.1, 0.15) is 6.07 Å². The second-order valence-corrected chi connectivity index (χ2v) is 6.81. The Hall–Kier alpha value is -3.11. The van der Waals surface area contributed by atoms with Crippen LogP contribution in [0.15, 0.2) is 58.5 Å². The summed E-state index contributed by atoms with van der Waals surface area (Å²) < 4.78 is 1.61. The quantitative estimate of drug-likeness (QED) is 0.525. The van der Waals surface area contributed by atoms with Crippen molar-refractivity contribution < 1.29 is 4.79 Å². The molecule has 2 aromatic carbocycles. The van der Waals surface area contributed by atoms with Gasteiger partial charge in [0.25, 0.3) is 5.56 Å². The summed E-state index contributed by atoms with van der Waals surface area (Å²) in [6.45, 7) is 2.53. The molecule has 0 spiro atoms. The zero-order chi connectivity index (χ0) is 19.2. The number of fused-ring (bicyclic) bond motifs is 1. The Bertz CT molecular complexity index is 1090. The number of amides is 1. The SMILES string of the molecule is CCCn1c(SCC(=O)Nc2ccccc2C#N)nc2ccccc2c1=O. The molecule has 27 heavy (non-hydrogen) atoms. The molecular formula is C20H18N4O2S. The van der Waals surface area contributed by atoms with Gasteiger partial charge in [-0.1, -0.05) is 43.0 Å². The summed E-state index contributed by atoms with van der Waals surface area (Å²) >= 11 is 1.21. The van der Waals surface area contributed by atoms with Crippen molar-refractivity contribution >= 4 is 34.3 Å². The monoisotopic (exact) mass is 378 g/mol. The average Bonchev–Trinajstić information content (AvgIpc) is 2.69. The number of hydrogen-bond donors (Lipinski definition) is 1. The van der Waals surface area contributed by atoms with Crippen molar-refractivity contribution in [1.82, 2.24) is 9.55 Å². The van der Waals surface area contributed by atoms with Crippen molar-refractivity contribution in [3.8, 4) is 6.07 Å². The van der Waals surface area contributed by atoms with Crippen LogP contribution < -0.4 is 10.9 Å². The van der Waals surface area contributed by atoms with Crippen molar-refractivity contribution in [3.05, 3.63) is 64.4 Å². The lowest BCUT2D eigenvalue weighted by Crippen LogP contribution is -2.24. The van der Waals surface area contributed by atoms with Gasteiger partial charge in [-0.15, -0.1) is 0 Å². The fraction of sp³-hybridized carbons (Fsp3) is 0.200. The van der Waals surface area contributed by atoms with E-state index in [9.17, 15) is 9.59 Å². The van der Waals surface area contributed by atoms with Crippen LogP contribution in [-0.4, -0.2) is 21.2 Å². The van der Waals surface area contributed by atoms with Gasteiger partial charge in [0, 0.05) is 6.54 Å². The lowest BCUT2D eigenvalue weighted by Gasteiger charge is -2.12. The lowest BCUT2D eigenvalue weighted by atomic mass is 10.2. The summed E-state index contributed by atoms with van der Waals surface area (Å²) in [6.07, 6.45) is 0.787. The Morgan fingerprint density at radius 3 is 2.74 bits per heavy atom. The Labute approximate surface area is 160 Å². The summed E-state index contributed by atoms with van der Waals surface area (Å²) in [5, 5.41) is 12.9. The van der Waals surface area contributed by atoms with Gasteiger partial charge in [-0.25, -0.2) is 4.98 Å². The first-order valence-electron chi connectivity index (χ1n) is 8.55. The van der Waals surface area contributed by atoms with Gasteiger partial charge in [0.05, 0.1) is 27.9 Å². The summed E-state index contributed by atoms with van der Waals surface area (Å²) in [4.78, 5) is 29.6. The number of benzene rings is 2. The molecule has 0 atom stereocenters. The Morgan fingerprint density at radius 2 is 1.96 bits per heavy atom. The highest BCUT2D eigenvalue weighted by Crippen LogP contribution is 2.19. The molecule has 0 bridgehead atoms. The molecule has 1 heterocycles. The zero-order valence-corrected chi connectivity index (χ0v) is 15.6. The number of nitrogens with zero attached hydrogens (tertiary/aromatic N) is 3. The van der Waals surface area contributed by atoms with Crippen molar-refractivity contribution in [2.24, 2.45) is 0 Å². The third-order valence-corrected chi connectivity index (χ3v) is 4.90. The van der Waals surface area contributed by atoms with E-state index < -0.39 is 0 Å². The van der Waals surface area contributed by atoms with E-state index in [0.717, 1.165) is 6.42 Å². The molecule has 136 valence electrons. The molecule has 3 rings (SSSR count). The van der Waals surface area contributed by atoms with E-state index in [1.165, 1.54) is 11.8 Å². The molecule has 6 nitrogen and oxygen atoms in total. The van der Waals surface area contributed by atoms with E-state index in [1.54, 1.807) is 41.0 Å². The highest BCUT2D eigenvalue weighted by Gasteiger charge is 2.13. The number of hydrogen-bond acceptors (Lipinski definition) is 5. The van der Waals surface area contributed by atoms with Gasteiger partial charge >= 0.3 is 0 Å². The lowest BCUT2D eigenvalue weighted by molar-refractivity contribution is -0.113. The maximum Gasteiger partial charge on any atom is 0.262 e. The summed E-state index contributed by atoms with van der Waals surface area (Å²) in [6, 6.07) is 16.1. The minimum Gasteiger partial charge on any atom is -0.324 e. The third-order valence-electron chi connectivity index (χ3n) is 3.93. The molecule has 1 N–H and O–H groups in total. The maximum absolute atomic E-state index is 12.7. The van der Waals surface area contributed by atoms with Crippen LogP contribution in [0.2, 0.25) is 0 Å². The molecule has 0 saturated heterocycles. The molecule has 0 saturated carbocycles. The number of para-hydroxylation sites is 2. The largest absolute Gasteiger partial charge is 0.324 e. The second-order valence-electron chi connectivity index (χ2n) is 5.86. The van der Waals surface area contributed by atoms with Crippen LogP contribution in [0.25, 0.3) is 10.9 Å². The normalized spacial score (nSPS) is 10.5. The number of rotatable bonds is 6. The maximum atomic E-state index is 12.7. The topological polar surface area (TPSA) is 87.8 Å². The van der Waals surface area contributed by atoms with E-state index in [1.807, 2.05) is 25.1 Å². The first kappa shape index (κ1) is 18.7. The summed E-state index contributed by atoms with van der Waals surface area (Å²) in [5.41, 5.74) is 1.40. The van der Waals surface area contributed by atoms with Crippen molar-refractivity contribution in [2.75, 3.05) is 11.1 Å². The van der Waals surface area contributed by atoms with Gasteiger partial charge in [0.2, 0.25) is 5.91 Å². The molecule has 7 heteroatoms. The number of carbonyl (C=O) groups excluding carboxylic acids is 1.